The fourth-order valence-corrected chi connectivity index (χ4v) is 1.75. The fourth-order valence-electron chi connectivity index (χ4n) is 1.75. The van der Waals surface area contributed by atoms with Gasteiger partial charge >= 0.3 is 0 Å². The Morgan fingerprint density at radius 2 is 1.70 bits per heavy atom. The van der Waals surface area contributed by atoms with Crippen molar-refractivity contribution >= 4 is 12.4 Å². The highest BCUT2D eigenvalue weighted by molar-refractivity contribution is 6.03. The molecule has 1 rings (SSSR count). The first-order chi connectivity index (χ1) is 11.0. The molecule has 1 fully saturated rings. The second-order valence-corrected chi connectivity index (χ2v) is 4.72. The third kappa shape index (κ3) is 8.94. The molecule has 0 radical (unpaired) electrons. The van der Waals surface area contributed by atoms with E-state index in [2.05, 4.69) is 29.9 Å². The maximum absolute atomic E-state index is 7.00. The Morgan fingerprint density at radius 3 is 2.04 bits per heavy atom. The van der Waals surface area contributed by atoms with Crippen LogP contribution < -0.4 is 0 Å². The zero-order valence-electron chi connectivity index (χ0n) is 15.5. The van der Waals surface area contributed by atoms with E-state index in [9.17, 15) is 0 Å². The number of aliphatic hydroxyl groups excluding tert-OH is 1. The van der Waals surface area contributed by atoms with Gasteiger partial charge in [0.1, 0.15) is 0 Å². The quantitative estimate of drug-likeness (QED) is 0.420. The standard InChI is InChI=1S/C16H22N2O.C2H6.CH4O/c1-11(2)9-10-18-13(4)15(16(17-5)19-6)12(3)14-7-8-14;2*1-2/h9-10,14H,1,3,5,7-8H2,2,4,6H3;1-2H3;2H,1H3/b10-9-,16-15-,18-13-;;. The summed E-state index contributed by atoms with van der Waals surface area (Å²) in [7, 11) is 2.58. The minimum Gasteiger partial charge on any atom is -0.481 e. The molecule has 1 saturated carbocycles. The highest BCUT2D eigenvalue weighted by Gasteiger charge is 2.29. The summed E-state index contributed by atoms with van der Waals surface area (Å²) in [5.74, 6) is 1.01. The third-order valence-electron chi connectivity index (χ3n) is 2.93. The van der Waals surface area contributed by atoms with Crippen molar-refractivity contribution < 1.29 is 9.84 Å². The summed E-state index contributed by atoms with van der Waals surface area (Å²) in [4.78, 5) is 8.33. The first-order valence-electron chi connectivity index (χ1n) is 7.77. The minimum absolute atomic E-state index is 0.488. The lowest BCUT2D eigenvalue weighted by Crippen LogP contribution is -2.06. The molecule has 0 unspecified atom stereocenters. The zero-order chi connectivity index (χ0) is 18.4. The van der Waals surface area contributed by atoms with Crippen LogP contribution in [0.2, 0.25) is 0 Å². The Morgan fingerprint density at radius 1 is 1.17 bits per heavy atom. The average molecular weight is 320 g/mol. The second kappa shape index (κ2) is 13.7. The van der Waals surface area contributed by atoms with Gasteiger partial charge in [-0.25, -0.2) is 4.99 Å². The van der Waals surface area contributed by atoms with Gasteiger partial charge in [0, 0.05) is 13.3 Å². The van der Waals surface area contributed by atoms with E-state index < -0.39 is 0 Å². The molecule has 0 heterocycles. The molecular formula is C19H32N2O2. The molecule has 1 aliphatic rings. The van der Waals surface area contributed by atoms with Crippen LogP contribution in [-0.4, -0.2) is 31.8 Å². The van der Waals surface area contributed by atoms with Crippen LogP contribution in [0.25, 0.3) is 0 Å². The number of hydrogen-bond acceptors (Lipinski definition) is 4. The number of allylic oxidation sites excluding steroid dienone is 4. The van der Waals surface area contributed by atoms with Gasteiger partial charge < -0.3 is 9.84 Å². The molecule has 130 valence electrons. The Labute approximate surface area is 141 Å². The predicted octanol–water partition coefficient (Wildman–Crippen LogP) is 4.70. The summed E-state index contributed by atoms with van der Waals surface area (Å²) < 4.78 is 5.28. The first kappa shape index (κ1) is 23.3. The maximum Gasteiger partial charge on any atom is 0.221 e. The highest BCUT2D eigenvalue weighted by atomic mass is 16.5. The zero-order valence-corrected chi connectivity index (χ0v) is 15.5. The molecular weight excluding hydrogens is 288 g/mol. The molecule has 4 heteroatoms. The number of aliphatic hydroxyl groups is 1. The summed E-state index contributed by atoms with van der Waals surface area (Å²) in [5, 5.41) is 7.00. The van der Waals surface area contributed by atoms with Crippen molar-refractivity contribution in [1.82, 2.24) is 0 Å². The van der Waals surface area contributed by atoms with Crippen molar-refractivity contribution in [1.29, 1.82) is 0 Å². The smallest absolute Gasteiger partial charge is 0.221 e. The van der Waals surface area contributed by atoms with Crippen molar-refractivity contribution in [2.24, 2.45) is 15.9 Å². The van der Waals surface area contributed by atoms with E-state index >= 15 is 0 Å². The number of rotatable bonds is 7. The highest BCUT2D eigenvalue weighted by Crippen LogP contribution is 2.40. The van der Waals surface area contributed by atoms with Crippen molar-refractivity contribution in [2.45, 2.75) is 40.5 Å². The van der Waals surface area contributed by atoms with Gasteiger partial charge in [-0.2, -0.15) is 0 Å². The summed E-state index contributed by atoms with van der Waals surface area (Å²) in [6.45, 7) is 19.3. The van der Waals surface area contributed by atoms with Gasteiger partial charge in [-0.15, -0.1) is 0 Å². The van der Waals surface area contributed by atoms with Crippen molar-refractivity contribution in [3.63, 3.8) is 0 Å². The van der Waals surface area contributed by atoms with E-state index in [4.69, 9.17) is 9.84 Å². The molecule has 0 spiro atoms. The van der Waals surface area contributed by atoms with Crippen LogP contribution in [0.15, 0.2) is 58.0 Å². The largest absolute Gasteiger partial charge is 0.481 e. The van der Waals surface area contributed by atoms with Crippen molar-refractivity contribution in [3.8, 4) is 0 Å². The van der Waals surface area contributed by atoms with Gasteiger partial charge in [0.25, 0.3) is 0 Å². The molecule has 1 aliphatic carbocycles. The van der Waals surface area contributed by atoms with Gasteiger partial charge in [0.15, 0.2) is 0 Å². The molecule has 0 bridgehead atoms. The molecule has 0 aromatic rings. The van der Waals surface area contributed by atoms with Crippen LogP contribution in [0.1, 0.15) is 40.5 Å². The number of hydrogen-bond donors (Lipinski definition) is 1. The van der Waals surface area contributed by atoms with Crippen LogP contribution in [-0.2, 0) is 4.74 Å². The number of nitrogens with zero attached hydrogens (tertiary/aromatic N) is 2. The Bertz CT molecular complexity index is 482. The van der Waals surface area contributed by atoms with E-state index in [0.29, 0.717) is 11.8 Å². The lowest BCUT2D eigenvalue weighted by molar-refractivity contribution is 0.287. The molecule has 1 N–H and O–H groups in total. The van der Waals surface area contributed by atoms with Gasteiger partial charge in [0.2, 0.25) is 5.88 Å². The van der Waals surface area contributed by atoms with E-state index in [1.165, 1.54) is 12.8 Å². The molecule has 0 amide bonds. The summed E-state index contributed by atoms with van der Waals surface area (Å²) in [6, 6.07) is 0. The van der Waals surface area contributed by atoms with Crippen LogP contribution in [0.4, 0.5) is 0 Å². The Hall–Kier alpha value is -1.94. The minimum atomic E-state index is 0.488. The van der Waals surface area contributed by atoms with Crippen molar-refractivity contribution in [2.75, 3.05) is 14.2 Å². The Balaban J connectivity index is 0. The first-order valence-corrected chi connectivity index (χ1v) is 7.77. The van der Waals surface area contributed by atoms with Crippen LogP contribution >= 0.6 is 0 Å². The number of methoxy groups -OCH3 is 1. The van der Waals surface area contributed by atoms with Gasteiger partial charge in [-0.1, -0.05) is 32.6 Å². The van der Waals surface area contributed by atoms with Gasteiger partial charge in [-0.3, -0.25) is 4.99 Å². The average Bonchev–Trinajstić information content (AvgIpc) is 3.40. The van der Waals surface area contributed by atoms with E-state index in [1.807, 2.05) is 33.8 Å². The van der Waals surface area contributed by atoms with Crippen LogP contribution in [0, 0.1) is 5.92 Å². The topological polar surface area (TPSA) is 54.2 Å². The van der Waals surface area contributed by atoms with Crippen LogP contribution in [0.3, 0.4) is 0 Å². The predicted molar refractivity (Wildman–Crippen MR) is 102 cm³/mol. The maximum atomic E-state index is 7.00. The summed E-state index contributed by atoms with van der Waals surface area (Å²) in [6.07, 6.45) is 5.93. The monoisotopic (exact) mass is 320 g/mol. The molecule has 0 aromatic heterocycles. The molecule has 0 saturated heterocycles. The lowest BCUT2D eigenvalue weighted by atomic mass is 10.00. The summed E-state index contributed by atoms with van der Waals surface area (Å²) in [5.41, 5.74) is 3.69. The molecule has 23 heavy (non-hydrogen) atoms. The normalized spacial score (nSPS) is 14.7. The van der Waals surface area contributed by atoms with Gasteiger partial charge in [0.05, 0.1) is 18.4 Å². The van der Waals surface area contributed by atoms with E-state index in [0.717, 1.165) is 29.5 Å². The molecule has 0 aliphatic heterocycles. The SMILES string of the molecule is C=N/C(OC)=C(C(=C)C1CC1)/C(C)=N\C=C/C(=C)C.CC.CO. The summed E-state index contributed by atoms with van der Waals surface area (Å²) >= 11 is 0. The second-order valence-electron chi connectivity index (χ2n) is 4.72. The Kier molecular flexibility index (Phi) is 13.9. The molecule has 0 atom stereocenters. The fraction of sp³-hybridized carbons (Fsp3) is 0.474. The van der Waals surface area contributed by atoms with Crippen LogP contribution in [0.5, 0.6) is 0 Å². The van der Waals surface area contributed by atoms with Gasteiger partial charge in [-0.05, 0) is 51.0 Å². The molecule has 0 aromatic carbocycles. The third-order valence-corrected chi connectivity index (χ3v) is 2.93. The van der Waals surface area contributed by atoms with E-state index in [-0.39, 0.29) is 0 Å². The number of ether oxygens (including phenoxy) is 1. The van der Waals surface area contributed by atoms with Crippen molar-refractivity contribution in [3.05, 3.63) is 48.0 Å². The van der Waals surface area contributed by atoms with E-state index in [1.54, 1.807) is 13.3 Å². The lowest BCUT2D eigenvalue weighted by Gasteiger charge is -2.12. The number of aliphatic imine (C=N–C) groups is 2. The molecule has 4 nitrogen and oxygen atoms in total.